The van der Waals surface area contributed by atoms with Crippen LogP contribution >= 0.6 is 0 Å². The minimum atomic E-state index is 0.104. The van der Waals surface area contributed by atoms with Crippen molar-refractivity contribution in [3.8, 4) is 0 Å². The van der Waals surface area contributed by atoms with Gasteiger partial charge in [-0.25, -0.2) is 0 Å². The molecule has 0 radical (unpaired) electrons. The number of hydrogen-bond acceptors (Lipinski definition) is 2. The molecule has 0 aromatic carbocycles. The van der Waals surface area contributed by atoms with Crippen LogP contribution in [-0.2, 0) is 9.47 Å². The van der Waals surface area contributed by atoms with Gasteiger partial charge in [-0.05, 0) is 70.6 Å². The molecule has 0 amide bonds. The summed E-state index contributed by atoms with van der Waals surface area (Å²) in [5, 5.41) is 0. The van der Waals surface area contributed by atoms with E-state index in [4.69, 9.17) is 9.47 Å². The van der Waals surface area contributed by atoms with E-state index < -0.39 is 0 Å². The molecule has 2 unspecified atom stereocenters. The van der Waals surface area contributed by atoms with Crippen molar-refractivity contribution in [2.75, 3.05) is 6.61 Å². The SMILES string of the molecule is CC12CC(C(C)(C)C)(CO1)C2.CC1CC(C(C)C)CC(C)(C)O1. The first-order chi connectivity index (χ1) is 10.3. The zero-order valence-corrected chi connectivity index (χ0v) is 17.1. The molecular weight excluding hydrogens is 284 g/mol. The molecule has 2 atom stereocenters. The molecule has 0 aromatic rings. The average Bonchev–Trinajstić information content (AvgIpc) is 2.81. The van der Waals surface area contributed by atoms with Gasteiger partial charge in [-0.1, -0.05) is 34.6 Å². The average molecular weight is 325 g/mol. The van der Waals surface area contributed by atoms with Gasteiger partial charge in [0.05, 0.1) is 23.9 Å². The Hall–Kier alpha value is -0.0800. The van der Waals surface area contributed by atoms with Crippen LogP contribution in [0.2, 0.25) is 0 Å². The Morgan fingerprint density at radius 1 is 1.04 bits per heavy atom. The normalized spacial score (nSPS) is 42.0. The number of ether oxygens (including phenoxy) is 2. The summed E-state index contributed by atoms with van der Waals surface area (Å²) in [6.45, 7) is 21.5. The zero-order chi connectivity index (χ0) is 17.7. The summed E-state index contributed by atoms with van der Waals surface area (Å²) in [6.07, 6.45) is 5.46. The van der Waals surface area contributed by atoms with Crippen LogP contribution in [0.25, 0.3) is 0 Å². The number of fused-ring (bicyclic) bond motifs is 1. The molecule has 4 aliphatic rings. The summed E-state index contributed by atoms with van der Waals surface area (Å²) >= 11 is 0. The van der Waals surface area contributed by atoms with E-state index in [9.17, 15) is 0 Å². The molecule has 23 heavy (non-hydrogen) atoms. The molecule has 136 valence electrons. The lowest BCUT2D eigenvalue weighted by molar-refractivity contribution is -0.124. The largest absolute Gasteiger partial charge is 0.375 e. The summed E-state index contributed by atoms with van der Waals surface area (Å²) in [5.74, 6) is 1.65. The molecule has 3 aliphatic heterocycles. The Kier molecular flexibility index (Phi) is 5.04. The summed E-state index contributed by atoms with van der Waals surface area (Å²) in [5.41, 5.74) is 1.31. The van der Waals surface area contributed by atoms with E-state index >= 15 is 0 Å². The van der Waals surface area contributed by atoms with Crippen LogP contribution in [-0.4, -0.2) is 23.9 Å². The first-order valence-corrected chi connectivity index (χ1v) is 9.59. The van der Waals surface area contributed by atoms with Crippen LogP contribution < -0.4 is 0 Å². The van der Waals surface area contributed by atoms with Crippen molar-refractivity contribution in [1.29, 1.82) is 0 Å². The van der Waals surface area contributed by atoms with E-state index in [0.717, 1.165) is 18.4 Å². The van der Waals surface area contributed by atoms with Crippen LogP contribution in [0.15, 0.2) is 0 Å². The van der Waals surface area contributed by atoms with Crippen molar-refractivity contribution in [3.63, 3.8) is 0 Å². The van der Waals surface area contributed by atoms with Gasteiger partial charge in [0.1, 0.15) is 0 Å². The lowest BCUT2D eigenvalue weighted by atomic mass is 9.52. The van der Waals surface area contributed by atoms with Gasteiger partial charge in [-0.15, -0.1) is 0 Å². The van der Waals surface area contributed by atoms with E-state index in [1.165, 1.54) is 25.7 Å². The first kappa shape index (κ1) is 19.2. The van der Waals surface area contributed by atoms with Gasteiger partial charge < -0.3 is 9.47 Å². The molecule has 2 heteroatoms. The molecule has 1 saturated carbocycles. The fourth-order valence-electron chi connectivity index (χ4n) is 4.93. The summed E-state index contributed by atoms with van der Waals surface area (Å²) in [4.78, 5) is 0. The summed E-state index contributed by atoms with van der Waals surface area (Å²) < 4.78 is 11.6. The standard InChI is InChI=1S/C11H22O.C10H18O/c1-8(2)10-6-9(3)12-11(4,5)7-10;1-8(2,3)10-5-9(4,6-10)11-7-10/h8-10H,6-7H2,1-5H3;5-7H2,1-4H3. The molecule has 4 fully saturated rings. The van der Waals surface area contributed by atoms with E-state index in [-0.39, 0.29) is 11.2 Å². The molecule has 0 N–H and O–H groups in total. The van der Waals surface area contributed by atoms with Crippen molar-refractivity contribution in [3.05, 3.63) is 0 Å². The van der Waals surface area contributed by atoms with Crippen molar-refractivity contribution in [1.82, 2.24) is 0 Å². The number of rotatable bonds is 1. The van der Waals surface area contributed by atoms with Crippen LogP contribution in [0.1, 0.15) is 88.0 Å². The maximum absolute atomic E-state index is 5.85. The Balaban J connectivity index is 0.000000167. The Morgan fingerprint density at radius 3 is 1.91 bits per heavy atom. The fraction of sp³-hybridized carbons (Fsp3) is 1.00. The highest BCUT2D eigenvalue weighted by Gasteiger charge is 2.64. The van der Waals surface area contributed by atoms with Crippen LogP contribution in [0.4, 0.5) is 0 Å². The van der Waals surface area contributed by atoms with Gasteiger partial charge in [-0.3, -0.25) is 0 Å². The van der Waals surface area contributed by atoms with Gasteiger partial charge in [0.2, 0.25) is 0 Å². The molecule has 3 heterocycles. The second kappa shape index (κ2) is 6.02. The summed E-state index contributed by atoms with van der Waals surface area (Å²) in [6, 6.07) is 0. The third-order valence-corrected chi connectivity index (χ3v) is 6.56. The predicted octanol–water partition coefficient (Wildman–Crippen LogP) is 5.84. The summed E-state index contributed by atoms with van der Waals surface area (Å²) in [7, 11) is 0. The van der Waals surface area contributed by atoms with Gasteiger partial charge in [-0.2, -0.15) is 0 Å². The van der Waals surface area contributed by atoms with Crippen molar-refractivity contribution in [2.45, 2.75) is 105 Å². The third kappa shape index (κ3) is 4.12. The van der Waals surface area contributed by atoms with Gasteiger partial charge in [0, 0.05) is 5.41 Å². The number of hydrogen-bond donors (Lipinski definition) is 0. The van der Waals surface area contributed by atoms with Gasteiger partial charge in [0.15, 0.2) is 0 Å². The topological polar surface area (TPSA) is 18.5 Å². The molecule has 4 rings (SSSR count). The van der Waals surface area contributed by atoms with E-state index in [1.54, 1.807) is 0 Å². The van der Waals surface area contributed by atoms with E-state index in [2.05, 4.69) is 62.3 Å². The zero-order valence-electron chi connectivity index (χ0n) is 17.1. The van der Waals surface area contributed by atoms with Crippen molar-refractivity contribution >= 4 is 0 Å². The molecule has 3 saturated heterocycles. The second-order valence-corrected chi connectivity index (χ2v) is 10.8. The van der Waals surface area contributed by atoms with E-state index in [1.807, 2.05) is 0 Å². The lowest BCUT2D eigenvalue weighted by Gasteiger charge is -2.50. The fourth-order valence-corrected chi connectivity index (χ4v) is 4.93. The highest BCUT2D eigenvalue weighted by molar-refractivity contribution is 5.13. The highest BCUT2D eigenvalue weighted by Crippen LogP contribution is 2.65. The maximum atomic E-state index is 5.85. The molecule has 0 aromatic heterocycles. The quantitative estimate of drug-likeness (QED) is 0.603. The minimum absolute atomic E-state index is 0.104. The molecule has 0 spiro atoms. The van der Waals surface area contributed by atoms with Gasteiger partial charge >= 0.3 is 0 Å². The Bertz CT molecular complexity index is 410. The Labute approximate surface area is 144 Å². The molecule has 1 aliphatic carbocycles. The van der Waals surface area contributed by atoms with Crippen molar-refractivity contribution in [2.24, 2.45) is 22.7 Å². The maximum Gasteiger partial charge on any atom is 0.0667 e. The van der Waals surface area contributed by atoms with Crippen molar-refractivity contribution < 1.29 is 9.47 Å². The Morgan fingerprint density at radius 2 is 1.61 bits per heavy atom. The minimum Gasteiger partial charge on any atom is -0.375 e. The smallest absolute Gasteiger partial charge is 0.0667 e. The molecule has 2 bridgehead atoms. The molecular formula is C21H40O2. The second-order valence-electron chi connectivity index (χ2n) is 10.8. The predicted molar refractivity (Wildman–Crippen MR) is 97.7 cm³/mol. The first-order valence-electron chi connectivity index (χ1n) is 9.59. The van der Waals surface area contributed by atoms with Crippen LogP contribution in [0, 0.1) is 22.7 Å². The highest BCUT2D eigenvalue weighted by atomic mass is 16.5. The third-order valence-electron chi connectivity index (χ3n) is 6.56. The van der Waals surface area contributed by atoms with Crippen LogP contribution in [0.3, 0.4) is 0 Å². The monoisotopic (exact) mass is 324 g/mol. The lowest BCUT2D eigenvalue weighted by Crippen LogP contribution is -2.49. The van der Waals surface area contributed by atoms with Crippen LogP contribution in [0.5, 0.6) is 0 Å². The molecule has 2 nitrogen and oxygen atoms in total. The van der Waals surface area contributed by atoms with E-state index in [0.29, 0.717) is 16.9 Å². The van der Waals surface area contributed by atoms with Gasteiger partial charge in [0.25, 0.3) is 0 Å².